The Morgan fingerprint density at radius 1 is 1.56 bits per heavy atom. The maximum atomic E-state index is 12.4. The van der Waals surface area contributed by atoms with Crippen LogP contribution < -0.4 is 5.73 Å². The van der Waals surface area contributed by atoms with Gasteiger partial charge in [0.15, 0.2) is 0 Å². The van der Waals surface area contributed by atoms with Crippen LogP contribution in [-0.4, -0.2) is 43.1 Å². The van der Waals surface area contributed by atoms with E-state index in [1.807, 2.05) is 17.0 Å². The fraction of sp³-hybridized carbons (Fsp3) is 0.500. The van der Waals surface area contributed by atoms with Crippen LogP contribution in [0.25, 0.3) is 0 Å². The molecule has 2 heterocycles. The molecule has 2 rings (SSSR count). The van der Waals surface area contributed by atoms with E-state index in [0.29, 0.717) is 0 Å². The number of nitrogens with zero attached hydrogens (tertiary/aromatic N) is 2. The highest BCUT2D eigenvalue weighted by atomic mass is 16.4. The molecule has 0 aliphatic carbocycles. The van der Waals surface area contributed by atoms with Crippen LogP contribution in [0.2, 0.25) is 0 Å². The summed E-state index contributed by atoms with van der Waals surface area (Å²) < 4.78 is 5.11. The second kappa shape index (κ2) is 6.51. The lowest BCUT2D eigenvalue weighted by Gasteiger charge is -2.22. The molecule has 5 nitrogen and oxygen atoms in total. The molecule has 0 bridgehead atoms. The number of hydrogen-bond donors (Lipinski definition) is 1. The zero-order chi connectivity index (χ0) is 12.8. The summed E-state index contributed by atoms with van der Waals surface area (Å²) in [6.45, 7) is 1.72. The molecule has 6 heteroatoms. The Kier molecular flexibility index (Phi) is 4.72. The van der Waals surface area contributed by atoms with E-state index in [1.165, 1.54) is 7.48 Å². The summed E-state index contributed by atoms with van der Waals surface area (Å²) in [5.74, 6) is -0.353. The van der Waals surface area contributed by atoms with Crippen LogP contribution in [0.4, 0.5) is 0 Å². The normalized spacial score (nSPS) is 16.6. The largest absolute Gasteiger partial charge is 0.427 e. The molecule has 1 saturated heterocycles. The fourth-order valence-electron chi connectivity index (χ4n) is 2.13. The van der Waals surface area contributed by atoms with Crippen LogP contribution in [0.5, 0.6) is 0 Å². The minimum Gasteiger partial charge on any atom is -0.427 e. The van der Waals surface area contributed by atoms with Crippen molar-refractivity contribution in [3.05, 3.63) is 30.1 Å². The maximum Gasteiger partial charge on any atom is 0.312 e. The lowest BCUT2D eigenvalue weighted by Crippen LogP contribution is -2.36. The number of rotatable bonds is 5. The van der Waals surface area contributed by atoms with E-state index >= 15 is 0 Å². The topological polar surface area (TPSA) is 68.5 Å². The molecule has 95 valence electrons. The van der Waals surface area contributed by atoms with Crippen molar-refractivity contribution in [3.63, 3.8) is 0 Å². The van der Waals surface area contributed by atoms with E-state index in [-0.39, 0.29) is 12.6 Å². The Morgan fingerprint density at radius 3 is 2.94 bits per heavy atom. The molecule has 1 atom stereocenters. The molecular formula is C12H17BN3O2. The molecule has 1 aliphatic rings. The highest BCUT2D eigenvalue weighted by molar-refractivity contribution is 6.37. The SMILES string of the molecule is NCO[B]C(C(=O)N1CCCC1)c1cccnc1. The van der Waals surface area contributed by atoms with Crippen molar-refractivity contribution in [3.8, 4) is 0 Å². The van der Waals surface area contributed by atoms with Gasteiger partial charge in [0.25, 0.3) is 0 Å². The third-order valence-corrected chi connectivity index (χ3v) is 3.06. The van der Waals surface area contributed by atoms with Crippen molar-refractivity contribution in [2.45, 2.75) is 18.7 Å². The summed E-state index contributed by atoms with van der Waals surface area (Å²) in [6, 6.07) is 3.69. The summed E-state index contributed by atoms with van der Waals surface area (Å²) in [4.78, 5) is 18.3. The predicted octanol–water partition coefficient (Wildman–Crippen LogP) is 0.297. The molecule has 0 spiro atoms. The summed E-state index contributed by atoms with van der Waals surface area (Å²) in [7, 11) is 1.51. The van der Waals surface area contributed by atoms with Gasteiger partial charge in [0, 0.05) is 25.5 Å². The molecule has 1 aromatic heterocycles. The summed E-state index contributed by atoms with van der Waals surface area (Å²) >= 11 is 0. The van der Waals surface area contributed by atoms with E-state index in [1.54, 1.807) is 12.4 Å². The van der Waals surface area contributed by atoms with Gasteiger partial charge in [0.1, 0.15) is 0 Å². The number of amides is 1. The first-order valence-electron chi connectivity index (χ1n) is 6.16. The number of pyridine rings is 1. The van der Waals surface area contributed by atoms with E-state index in [0.717, 1.165) is 31.5 Å². The molecule has 0 saturated carbocycles. The summed E-state index contributed by atoms with van der Waals surface area (Å²) in [5.41, 5.74) is 6.15. The fourth-order valence-corrected chi connectivity index (χ4v) is 2.13. The number of carbonyl (C=O) groups is 1. The third-order valence-electron chi connectivity index (χ3n) is 3.06. The monoisotopic (exact) mass is 246 g/mol. The van der Waals surface area contributed by atoms with Gasteiger partial charge in [-0.05, 0) is 24.5 Å². The van der Waals surface area contributed by atoms with E-state index < -0.39 is 5.82 Å². The average molecular weight is 246 g/mol. The van der Waals surface area contributed by atoms with Crippen LogP contribution in [0, 0.1) is 0 Å². The average Bonchev–Trinajstić information content (AvgIpc) is 2.94. The van der Waals surface area contributed by atoms with Gasteiger partial charge in [-0.1, -0.05) is 6.07 Å². The van der Waals surface area contributed by atoms with Gasteiger partial charge in [0.05, 0.1) is 12.5 Å². The molecule has 1 unspecified atom stereocenters. The maximum absolute atomic E-state index is 12.4. The van der Waals surface area contributed by atoms with Crippen LogP contribution >= 0.6 is 0 Å². The molecule has 2 N–H and O–H groups in total. The van der Waals surface area contributed by atoms with Gasteiger partial charge in [-0.25, -0.2) is 0 Å². The van der Waals surface area contributed by atoms with E-state index in [9.17, 15) is 4.79 Å². The molecular weight excluding hydrogens is 229 g/mol. The van der Waals surface area contributed by atoms with Crippen molar-refractivity contribution >= 4 is 13.4 Å². The third kappa shape index (κ3) is 3.08. The Balaban J connectivity index is 2.11. The molecule has 1 fully saturated rings. The van der Waals surface area contributed by atoms with Gasteiger partial charge in [-0.3, -0.25) is 9.78 Å². The lowest BCUT2D eigenvalue weighted by molar-refractivity contribution is -0.130. The number of aromatic nitrogens is 1. The lowest BCUT2D eigenvalue weighted by atomic mass is 9.74. The van der Waals surface area contributed by atoms with Crippen molar-refractivity contribution < 1.29 is 9.45 Å². The first-order valence-corrected chi connectivity index (χ1v) is 6.16. The van der Waals surface area contributed by atoms with Gasteiger partial charge in [-0.2, -0.15) is 0 Å². The minimum atomic E-state index is -0.416. The van der Waals surface area contributed by atoms with E-state index in [2.05, 4.69) is 4.98 Å². The second-order valence-corrected chi connectivity index (χ2v) is 4.27. The van der Waals surface area contributed by atoms with Crippen LogP contribution in [-0.2, 0) is 9.45 Å². The molecule has 1 amide bonds. The van der Waals surface area contributed by atoms with Crippen molar-refractivity contribution in [1.29, 1.82) is 0 Å². The Labute approximate surface area is 108 Å². The van der Waals surface area contributed by atoms with Crippen molar-refractivity contribution in [1.82, 2.24) is 9.88 Å². The molecule has 1 aromatic rings. The Bertz CT molecular complexity index is 382. The Hall–Kier alpha value is -1.40. The van der Waals surface area contributed by atoms with Gasteiger partial charge >= 0.3 is 7.48 Å². The first-order chi connectivity index (χ1) is 8.83. The number of likely N-dealkylation sites (tertiary alicyclic amines) is 1. The zero-order valence-corrected chi connectivity index (χ0v) is 10.3. The number of nitrogens with two attached hydrogens (primary N) is 1. The molecule has 0 aromatic carbocycles. The van der Waals surface area contributed by atoms with Crippen LogP contribution in [0.1, 0.15) is 24.2 Å². The van der Waals surface area contributed by atoms with Crippen molar-refractivity contribution in [2.75, 3.05) is 19.8 Å². The van der Waals surface area contributed by atoms with Gasteiger partial charge in [0.2, 0.25) is 5.91 Å². The second-order valence-electron chi connectivity index (χ2n) is 4.27. The first kappa shape index (κ1) is 13.0. The van der Waals surface area contributed by atoms with Gasteiger partial charge in [-0.15, -0.1) is 0 Å². The highest BCUT2D eigenvalue weighted by Gasteiger charge is 2.29. The quantitative estimate of drug-likeness (QED) is 0.599. The number of hydrogen-bond acceptors (Lipinski definition) is 4. The highest BCUT2D eigenvalue weighted by Crippen LogP contribution is 2.20. The smallest absolute Gasteiger partial charge is 0.312 e. The molecule has 1 radical (unpaired) electrons. The zero-order valence-electron chi connectivity index (χ0n) is 10.3. The standard InChI is InChI=1S/C12H17BN3O2/c14-9-18-13-11(10-4-3-5-15-8-10)12(17)16-6-1-2-7-16/h3-5,8,11H,1-2,6-7,9,14H2. The Morgan fingerprint density at radius 2 is 2.33 bits per heavy atom. The number of carbonyl (C=O) groups excluding carboxylic acids is 1. The molecule has 18 heavy (non-hydrogen) atoms. The summed E-state index contributed by atoms with van der Waals surface area (Å²) in [5, 5.41) is 0. The van der Waals surface area contributed by atoms with Crippen LogP contribution in [0.15, 0.2) is 24.5 Å². The predicted molar refractivity (Wildman–Crippen MR) is 68.7 cm³/mol. The van der Waals surface area contributed by atoms with E-state index in [4.69, 9.17) is 10.4 Å². The molecule has 1 aliphatic heterocycles. The summed E-state index contributed by atoms with van der Waals surface area (Å²) in [6.07, 6.45) is 5.52. The van der Waals surface area contributed by atoms with Crippen molar-refractivity contribution in [2.24, 2.45) is 5.73 Å². The van der Waals surface area contributed by atoms with Gasteiger partial charge < -0.3 is 15.3 Å². The van der Waals surface area contributed by atoms with Crippen LogP contribution in [0.3, 0.4) is 0 Å². The minimum absolute atomic E-state index is 0.0638.